The smallest absolute Gasteiger partial charge is 0.337 e. The summed E-state index contributed by atoms with van der Waals surface area (Å²) < 4.78 is 10.6. The predicted octanol–water partition coefficient (Wildman–Crippen LogP) is 3.65. The molecule has 4 rings (SSSR count). The lowest BCUT2D eigenvalue weighted by atomic mass is 10.0. The van der Waals surface area contributed by atoms with Crippen LogP contribution in [0.2, 0.25) is 0 Å². The summed E-state index contributed by atoms with van der Waals surface area (Å²) in [4.78, 5) is 23.7. The maximum Gasteiger partial charge on any atom is 0.337 e. The van der Waals surface area contributed by atoms with Gasteiger partial charge in [-0.2, -0.15) is 5.10 Å². The first-order valence-corrected chi connectivity index (χ1v) is 8.60. The van der Waals surface area contributed by atoms with Crippen molar-refractivity contribution in [3.05, 3.63) is 89.2 Å². The van der Waals surface area contributed by atoms with E-state index in [2.05, 4.69) is 10.5 Å². The van der Waals surface area contributed by atoms with Crippen LogP contribution < -0.4 is 5.43 Å². The van der Waals surface area contributed by atoms with E-state index in [0.717, 1.165) is 11.1 Å². The Labute approximate surface area is 161 Å². The van der Waals surface area contributed by atoms with Crippen molar-refractivity contribution in [2.45, 2.75) is 0 Å². The van der Waals surface area contributed by atoms with Crippen LogP contribution in [-0.2, 0) is 9.53 Å². The third-order valence-corrected chi connectivity index (χ3v) is 4.32. The Bertz CT molecular complexity index is 1090. The molecule has 2 heterocycles. The third-order valence-electron chi connectivity index (χ3n) is 4.32. The van der Waals surface area contributed by atoms with E-state index in [1.165, 1.54) is 7.11 Å². The molecule has 1 amide bonds. The normalized spacial score (nSPS) is 14.7. The zero-order valence-corrected chi connectivity index (χ0v) is 15.0. The fourth-order valence-electron chi connectivity index (χ4n) is 2.90. The number of hydrogen-bond acceptors (Lipinski definition) is 5. The van der Waals surface area contributed by atoms with Crippen molar-refractivity contribution in [1.29, 1.82) is 0 Å². The molecular weight excluding hydrogens is 356 g/mol. The number of benzene rings is 2. The highest BCUT2D eigenvalue weighted by molar-refractivity contribution is 6.33. The number of furan rings is 1. The summed E-state index contributed by atoms with van der Waals surface area (Å²) in [5.74, 6) is 0.484. The van der Waals surface area contributed by atoms with Crippen molar-refractivity contribution < 1.29 is 18.7 Å². The number of nitrogens with zero attached hydrogens (tertiary/aromatic N) is 1. The van der Waals surface area contributed by atoms with E-state index in [-0.39, 0.29) is 5.91 Å². The maximum atomic E-state index is 12.2. The van der Waals surface area contributed by atoms with Crippen LogP contribution in [0.15, 0.2) is 81.8 Å². The number of carbonyl (C=O) groups excluding carboxylic acids is 2. The van der Waals surface area contributed by atoms with Crippen LogP contribution in [0, 0.1) is 0 Å². The maximum absolute atomic E-state index is 12.2. The summed E-state index contributed by atoms with van der Waals surface area (Å²) in [7, 11) is 1.34. The van der Waals surface area contributed by atoms with Crippen molar-refractivity contribution in [3.63, 3.8) is 0 Å². The Kier molecular flexibility index (Phi) is 4.60. The van der Waals surface area contributed by atoms with Gasteiger partial charge in [-0.05, 0) is 30.3 Å². The van der Waals surface area contributed by atoms with Gasteiger partial charge in [-0.15, -0.1) is 0 Å². The van der Waals surface area contributed by atoms with E-state index in [9.17, 15) is 9.59 Å². The van der Waals surface area contributed by atoms with Gasteiger partial charge in [0.15, 0.2) is 0 Å². The molecule has 1 aromatic heterocycles. The fourth-order valence-corrected chi connectivity index (χ4v) is 2.90. The van der Waals surface area contributed by atoms with Gasteiger partial charge in [-0.25, -0.2) is 10.2 Å². The zero-order chi connectivity index (χ0) is 19.5. The van der Waals surface area contributed by atoms with Crippen LogP contribution in [0.4, 0.5) is 0 Å². The molecule has 1 N–H and O–H groups in total. The highest BCUT2D eigenvalue weighted by Gasteiger charge is 2.24. The summed E-state index contributed by atoms with van der Waals surface area (Å²) in [6, 6.07) is 20.0. The van der Waals surface area contributed by atoms with Gasteiger partial charge in [0.25, 0.3) is 5.91 Å². The molecule has 2 aromatic carbocycles. The zero-order valence-electron chi connectivity index (χ0n) is 15.0. The molecule has 1 aliphatic rings. The van der Waals surface area contributed by atoms with Crippen molar-refractivity contribution in [1.82, 2.24) is 5.43 Å². The molecule has 28 heavy (non-hydrogen) atoms. The second kappa shape index (κ2) is 7.36. The minimum absolute atomic E-state index is 0.278. The average molecular weight is 372 g/mol. The molecular formula is C22H16N2O4. The Balaban J connectivity index is 1.61. The number of amides is 1. The standard InChI is InChI=1S/C22H16N2O4/c1-27-22(26)16-9-7-14(8-10-16)19-12-11-17(28-19)13-18-20(23-24-21(18)25)15-5-3-2-4-6-15/h2-13H,1H3,(H,24,25)/b18-13-. The van der Waals surface area contributed by atoms with Crippen molar-refractivity contribution in [2.75, 3.05) is 7.11 Å². The quantitative estimate of drug-likeness (QED) is 0.560. The Hall–Kier alpha value is -3.93. The fraction of sp³-hybridized carbons (Fsp3) is 0.0455. The van der Waals surface area contributed by atoms with Crippen LogP contribution in [0.25, 0.3) is 17.4 Å². The number of carbonyl (C=O) groups is 2. The summed E-state index contributed by atoms with van der Waals surface area (Å²) >= 11 is 0. The van der Waals surface area contributed by atoms with Gasteiger partial charge >= 0.3 is 5.97 Å². The lowest BCUT2D eigenvalue weighted by Crippen LogP contribution is -2.13. The number of methoxy groups -OCH3 is 1. The predicted molar refractivity (Wildman–Crippen MR) is 105 cm³/mol. The van der Waals surface area contributed by atoms with Crippen LogP contribution in [0.3, 0.4) is 0 Å². The van der Waals surface area contributed by atoms with Gasteiger partial charge in [0.2, 0.25) is 0 Å². The number of hydrogen-bond donors (Lipinski definition) is 1. The van der Waals surface area contributed by atoms with Crippen LogP contribution in [0.1, 0.15) is 21.7 Å². The van der Waals surface area contributed by atoms with Crippen molar-refractivity contribution in [3.8, 4) is 11.3 Å². The number of rotatable bonds is 4. The number of nitrogens with one attached hydrogen (secondary N) is 1. The highest BCUT2D eigenvalue weighted by Crippen LogP contribution is 2.25. The largest absolute Gasteiger partial charge is 0.465 e. The first kappa shape index (κ1) is 17.5. The first-order valence-electron chi connectivity index (χ1n) is 8.60. The molecule has 0 saturated carbocycles. The van der Waals surface area contributed by atoms with E-state index >= 15 is 0 Å². The molecule has 6 heteroatoms. The van der Waals surface area contributed by atoms with E-state index in [1.54, 1.807) is 36.4 Å². The van der Waals surface area contributed by atoms with Crippen molar-refractivity contribution in [2.24, 2.45) is 5.10 Å². The highest BCUT2D eigenvalue weighted by atomic mass is 16.5. The molecule has 0 aliphatic carbocycles. The van der Waals surface area contributed by atoms with Crippen LogP contribution >= 0.6 is 0 Å². The Morgan fingerprint density at radius 3 is 2.46 bits per heavy atom. The number of hydrazone groups is 1. The number of esters is 1. The molecule has 0 atom stereocenters. The average Bonchev–Trinajstić information content (AvgIpc) is 3.36. The lowest BCUT2D eigenvalue weighted by molar-refractivity contribution is -0.116. The summed E-state index contributed by atoms with van der Waals surface area (Å²) in [5.41, 5.74) is 5.63. The topological polar surface area (TPSA) is 80.9 Å². The van der Waals surface area contributed by atoms with Gasteiger partial charge < -0.3 is 9.15 Å². The Morgan fingerprint density at radius 2 is 1.75 bits per heavy atom. The van der Waals surface area contributed by atoms with Gasteiger partial charge in [0.1, 0.15) is 17.2 Å². The molecule has 0 unspecified atom stereocenters. The molecule has 0 fully saturated rings. The van der Waals surface area contributed by atoms with Gasteiger partial charge in [-0.3, -0.25) is 4.79 Å². The third kappa shape index (κ3) is 3.35. The first-order chi connectivity index (χ1) is 13.7. The second-order valence-corrected chi connectivity index (χ2v) is 6.10. The minimum Gasteiger partial charge on any atom is -0.465 e. The molecule has 6 nitrogen and oxygen atoms in total. The summed E-state index contributed by atoms with van der Waals surface area (Å²) in [5, 5.41) is 4.13. The van der Waals surface area contributed by atoms with Crippen LogP contribution in [-0.4, -0.2) is 24.7 Å². The summed E-state index contributed by atoms with van der Waals surface area (Å²) in [6.45, 7) is 0. The minimum atomic E-state index is -0.392. The van der Waals surface area contributed by atoms with Gasteiger partial charge in [0, 0.05) is 11.1 Å². The monoisotopic (exact) mass is 372 g/mol. The molecule has 138 valence electrons. The van der Waals surface area contributed by atoms with Crippen LogP contribution in [0.5, 0.6) is 0 Å². The van der Waals surface area contributed by atoms with Crippen molar-refractivity contribution >= 4 is 23.7 Å². The van der Waals surface area contributed by atoms with E-state index in [4.69, 9.17) is 9.15 Å². The van der Waals surface area contributed by atoms with Gasteiger partial charge in [-0.1, -0.05) is 42.5 Å². The Morgan fingerprint density at radius 1 is 1.00 bits per heavy atom. The molecule has 0 bridgehead atoms. The molecule has 0 radical (unpaired) electrons. The molecule has 1 aliphatic heterocycles. The van der Waals surface area contributed by atoms with Gasteiger partial charge in [0.05, 0.1) is 18.2 Å². The molecule has 3 aromatic rings. The second-order valence-electron chi connectivity index (χ2n) is 6.10. The summed E-state index contributed by atoms with van der Waals surface area (Å²) in [6.07, 6.45) is 1.67. The molecule has 0 spiro atoms. The SMILES string of the molecule is COC(=O)c1ccc(-c2ccc(/C=C3\C(=O)NN=C3c3ccccc3)o2)cc1. The molecule has 0 saturated heterocycles. The lowest BCUT2D eigenvalue weighted by Gasteiger charge is -2.01. The van der Waals surface area contributed by atoms with E-state index < -0.39 is 5.97 Å². The number of ether oxygens (including phenoxy) is 1. The van der Waals surface area contributed by atoms with E-state index in [1.807, 2.05) is 36.4 Å². The van der Waals surface area contributed by atoms with E-state index in [0.29, 0.717) is 28.4 Å².